The van der Waals surface area contributed by atoms with Crippen molar-refractivity contribution in [3.8, 4) is 5.69 Å². The van der Waals surface area contributed by atoms with E-state index in [0.29, 0.717) is 0 Å². The highest BCUT2D eigenvalue weighted by Gasteiger charge is 2.26. The molecule has 1 fully saturated rings. The number of likely N-dealkylation sites (tertiary alicyclic amines) is 1. The topological polar surface area (TPSA) is 37.3 Å². The zero-order chi connectivity index (χ0) is 17.8. The molecule has 0 bridgehead atoms. The summed E-state index contributed by atoms with van der Waals surface area (Å²) in [6.07, 6.45) is 3.44. The van der Waals surface area contributed by atoms with E-state index in [4.69, 9.17) is 0 Å². The predicted octanol–water partition coefficient (Wildman–Crippen LogP) is 3.56. The third kappa shape index (κ3) is 3.79. The molecule has 2 aromatic rings. The first kappa shape index (κ1) is 17.7. The van der Waals surface area contributed by atoms with Gasteiger partial charge in [0.05, 0.1) is 5.56 Å². The Morgan fingerprint density at radius 3 is 2.48 bits per heavy atom. The van der Waals surface area contributed by atoms with E-state index in [1.807, 2.05) is 43.1 Å². The van der Waals surface area contributed by atoms with Gasteiger partial charge in [-0.1, -0.05) is 18.2 Å². The smallest absolute Gasteiger partial charge is 0.255 e. The standard InChI is InChI=1S/C21H29N3O/c1-16-15-20(17(2)24(16)19-7-5-4-6-8-19)21(25)23-13-10-18(11-14-23)9-12-22-3/h4-8,15,18,22H,9-14H2,1-3H3. The quantitative estimate of drug-likeness (QED) is 0.904. The molecule has 4 heteroatoms. The summed E-state index contributed by atoms with van der Waals surface area (Å²) in [6.45, 7) is 6.94. The fourth-order valence-corrected chi connectivity index (χ4v) is 3.90. The molecule has 3 rings (SSSR count). The number of nitrogens with one attached hydrogen (secondary N) is 1. The van der Waals surface area contributed by atoms with E-state index >= 15 is 0 Å². The van der Waals surface area contributed by atoms with Crippen LogP contribution in [0.5, 0.6) is 0 Å². The van der Waals surface area contributed by atoms with Crippen LogP contribution >= 0.6 is 0 Å². The monoisotopic (exact) mass is 339 g/mol. The maximum atomic E-state index is 13.0. The lowest BCUT2D eigenvalue weighted by molar-refractivity contribution is 0.0686. The number of aryl methyl sites for hydroxylation is 1. The molecule has 0 radical (unpaired) electrons. The molecule has 0 saturated carbocycles. The normalized spacial score (nSPS) is 15.6. The number of piperidine rings is 1. The Bertz CT molecular complexity index is 712. The highest BCUT2D eigenvalue weighted by atomic mass is 16.2. The zero-order valence-electron chi connectivity index (χ0n) is 15.6. The van der Waals surface area contributed by atoms with Gasteiger partial charge in [0, 0.05) is 30.2 Å². The Hall–Kier alpha value is -2.07. The molecule has 1 aromatic heterocycles. The second-order valence-electron chi connectivity index (χ2n) is 7.08. The molecule has 0 spiro atoms. The van der Waals surface area contributed by atoms with Crippen molar-refractivity contribution in [2.75, 3.05) is 26.7 Å². The first-order chi connectivity index (χ1) is 12.1. The minimum atomic E-state index is 0.183. The summed E-state index contributed by atoms with van der Waals surface area (Å²) in [5.74, 6) is 0.926. The Morgan fingerprint density at radius 1 is 1.16 bits per heavy atom. The van der Waals surface area contributed by atoms with Gasteiger partial charge in [0.2, 0.25) is 0 Å². The number of benzene rings is 1. The maximum absolute atomic E-state index is 13.0. The number of hydrogen-bond acceptors (Lipinski definition) is 2. The van der Waals surface area contributed by atoms with Crippen molar-refractivity contribution in [3.63, 3.8) is 0 Å². The minimum Gasteiger partial charge on any atom is -0.339 e. The number of carbonyl (C=O) groups excluding carboxylic acids is 1. The molecule has 0 atom stereocenters. The zero-order valence-corrected chi connectivity index (χ0v) is 15.6. The second kappa shape index (κ2) is 7.87. The van der Waals surface area contributed by atoms with Gasteiger partial charge >= 0.3 is 0 Å². The number of carbonyl (C=O) groups is 1. The summed E-state index contributed by atoms with van der Waals surface area (Å²) in [6, 6.07) is 12.3. The molecule has 2 heterocycles. The Balaban J connectivity index is 1.74. The Kier molecular flexibility index (Phi) is 5.59. The fourth-order valence-electron chi connectivity index (χ4n) is 3.90. The van der Waals surface area contributed by atoms with Crippen molar-refractivity contribution in [3.05, 3.63) is 53.3 Å². The Labute approximate surface area is 150 Å². The van der Waals surface area contributed by atoms with Gasteiger partial charge in [-0.2, -0.15) is 0 Å². The van der Waals surface area contributed by atoms with E-state index in [1.54, 1.807) is 0 Å². The van der Waals surface area contributed by atoms with Crippen molar-refractivity contribution >= 4 is 5.91 Å². The van der Waals surface area contributed by atoms with Gasteiger partial charge < -0.3 is 14.8 Å². The Morgan fingerprint density at radius 2 is 1.84 bits per heavy atom. The largest absolute Gasteiger partial charge is 0.339 e. The van der Waals surface area contributed by atoms with Crippen molar-refractivity contribution < 1.29 is 4.79 Å². The number of rotatable bonds is 5. The van der Waals surface area contributed by atoms with Gasteiger partial charge in [-0.05, 0) is 70.8 Å². The third-order valence-corrected chi connectivity index (χ3v) is 5.38. The average Bonchev–Trinajstić information content (AvgIpc) is 2.95. The van der Waals surface area contributed by atoms with Gasteiger partial charge in [-0.3, -0.25) is 4.79 Å². The molecular formula is C21H29N3O. The van der Waals surface area contributed by atoms with E-state index in [9.17, 15) is 4.79 Å². The number of aromatic nitrogens is 1. The first-order valence-electron chi connectivity index (χ1n) is 9.30. The lowest BCUT2D eigenvalue weighted by Crippen LogP contribution is -2.39. The van der Waals surface area contributed by atoms with Crippen molar-refractivity contribution in [1.29, 1.82) is 0 Å². The van der Waals surface area contributed by atoms with Crippen molar-refractivity contribution in [2.45, 2.75) is 33.1 Å². The summed E-state index contributed by atoms with van der Waals surface area (Å²) in [5, 5.41) is 3.22. The van der Waals surface area contributed by atoms with Crippen LogP contribution in [0.3, 0.4) is 0 Å². The molecular weight excluding hydrogens is 310 g/mol. The lowest BCUT2D eigenvalue weighted by Gasteiger charge is -2.32. The SMILES string of the molecule is CNCCC1CCN(C(=O)c2cc(C)n(-c3ccccc3)c2C)CC1. The predicted molar refractivity (Wildman–Crippen MR) is 102 cm³/mol. The summed E-state index contributed by atoms with van der Waals surface area (Å²) in [4.78, 5) is 15.1. The number of hydrogen-bond donors (Lipinski definition) is 1. The van der Waals surface area contributed by atoms with Crippen LogP contribution in [0.1, 0.15) is 41.0 Å². The molecule has 0 unspecified atom stereocenters. The summed E-state index contributed by atoms with van der Waals surface area (Å²) >= 11 is 0. The molecule has 1 amide bonds. The van der Waals surface area contributed by atoms with E-state index in [1.165, 1.54) is 6.42 Å². The number of amides is 1. The van der Waals surface area contributed by atoms with Gasteiger partial charge in [0.1, 0.15) is 0 Å². The molecule has 4 nitrogen and oxygen atoms in total. The summed E-state index contributed by atoms with van der Waals surface area (Å²) in [7, 11) is 2.00. The molecule has 0 aliphatic carbocycles. The second-order valence-corrected chi connectivity index (χ2v) is 7.08. The molecule has 1 N–H and O–H groups in total. The third-order valence-electron chi connectivity index (χ3n) is 5.38. The molecule has 25 heavy (non-hydrogen) atoms. The molecule has 1 aliphatic heterocycles. The van der Waals surface area contributed by atoms with Crippen LogP contribution in [0.2, 0.25) is 0 Å². The van der Waals surface area contributed by atoms with E-state index < -0.39 is 0 Å². The van der Waals surface area contributed by atoms with Crippen LogP contribution in [-0.4, -0.2) is 42.1 Å². The summed E-state index contributed by atoms with van der Waals surface area (Å²) < 4.78 is 2.17. The molecule has 1 aromatic carbocycles. The van der Waals surface area contributed by atoms with E-state index in [0.717, 1.165) is 61.0 Å². The van der Waals surface area contributed by atoms with Gasteiger partial charge in [0.25, 0.3) is 5.91 Å². The highest BCUT2D eigenvalue weighted by Crippen LogP contribution is 2.25. The van der Waals surface area contributed by atoms with E-state index in [-0.39, 0.29) is 5.91 Å². The summed E-state index contributed by atoms with van der Waals surface area (Å²) in [5.41, 5.74) is 4.10. The molecule has 1 saturated heterocycles. The first-order valence-corrected chi connectivity index (χ1v) is 9.30. The highest BCUT2D eigenvalue weighted by molar-refractivity contribution is 5.96. The van der Waals surface area contributed by atoms with Crippen LogP contribution in [0, 0.1) is 19.8 Å². The molecule has 134 valence electrons. The number of para-hydroxylation sites is 1. The van der Waals surface area contributed by atoms with E-state index in [2.05, 4.69) is 28.9 Å². The molecule has 1 aliphatic rings. The van der Waals surface area contributed by atoms with Crippen LogP contribution in [0.4, 0.5) is 0 Å². The van der Waals surface area contributed by atoms with Crippen LogP contribution in [0.25, 0.3) is 5.69 Å². The average molecular weight is 339 g/mol. The van der Waals surface area contributed by atoms with Gasteiger partial charge in [0.15, 0.2) is 0 Å². The van der Waals surface area contributed by atoms with Gasteiger partial charge in [-0.15, -0.1) is 0 Å². The minimum absolute atomic E-state index is 0.183. The number of nitrogens with zero attached hydrogens (tertiary/aromatic N) is 2. The fraction of sp³-hybridized carbons (Fsp3) is 0.476. The van der Waals surface area contributed by atoms with Crippen molar-refractivity contribution in [1.82, 2.24) is 14.8 Å². The van der Waals surface area contributed by atoms with Crippen LogP contribution < -0.4 is 5.32 Å². The lowest BCUT2D eigenvalue weighted by atomic mass is 9.93. The van der Waals surface area contributed by atoms with Crippen LogP contribution in [0.15, 0.2) is 36.4 Å². The maximum Gasteiger partial charge on any atom is 0.255 e. The van der Waals surface area contributed by atoms with Gasteiger partial charge in [-0.25, -0.2) is 0 Å². The van der Waals surface area contributed by atoms with Crippen molar-refractivity contribution in [2.24, 2.45) is 5.92 Å². The van der Waals surface area contributed by atoms with Crippen LogP contribution in [-0.2, 0) is 0 Å².